The van der Waals surface area contributed by atoms with E-state index in [2.05, 4.69) is 42.3 Å². The van der Waals surface area contributed by atoms with Gasteiger partial charge >= 0.3 is 0 Å². The van der Waals surface area contributed by atoms with Gasteiger partial charge in [0.2, 0.25) is 20.0 Å². The van der Waals surface area contributed by atoms with Crippen molar-refractivity contribution in [2.24, 2.45) is 0 Å². The SMILES string of the molecule is CCS(=O)(=O)N1CC(CC#N)(n2cc(-c3c(F)cnc4[nH]ccc34)cn2)C1.CCS(=O)(=O)N1CC(CC#N)(n2cc(-c3c(F)cnc4[nH]ccc34)cn2)C1.Cl. The smallest absolute Gasteiger partial charge is 0.213 e. The Morgan fingerprint density at radius 2 is 1.09 bits per heavy atom. The highest BCUT2D eigenvalue weighted by Gasteiger charge is 2.51. The van der Waals surface area contributed by atoms with Gasteiger partial charge in [0.05, 0.1) is 61.3 Å². The van der Waals surface area contributed by atoms with E-state index in [0.717, 1.165) is 12.4 Å². The minimum Gasteiger partial charge on any atom is -0.346 e. The minimum atomic E-state index is -3.32. The van der Waals surface area contributed by atoms with E-state index in [1.165, 1.54) is 21.0 Å². The number of hydrogen-bond donors (Lipinski definition) is 2. The molecule has 0 amide bonds. The van der Waals surface area contributed by atoms with Crippen molar-refractivity contribution in [3.05, 3.63) is 73.3 Å². The summed E-state index contributed by atoms with van der Waals surface area (Å²) in [6, 6.07) is 7.70. The zero-order chi connectivity index (χ0) is 38.5. The third-order valence-corrected chi connectivity index (χ3v) is 13.6. The van der Waals surface area contributed by atoms with Gasteiger partial charge in [-0.15, -0.1) is 12.4 Å². The lowest BCUT2D eigenvalue weighted by atomic mass is 9.89. The van der Waals surface area contributed by atoms with Crippen LogP contribution in [0.15, 0.2) is 61.7 Å². The average molecular weight is 813 g/mol. The van der Waals surface area contributed by atoms with E-state index in [1.807, 2.05) is 0 Å². The summed E-state index contributed by atoms with van der Waals surface area (Å²) < 4.78 is 83.0. The van der Waals surface area contributed by atoms with Gasteiger partial charge < -0.3 is 9.97 Å². The first-order chi connectivity index (χ1) is 25.8. The molecule has 6 aromatic rings. The van der Waals surface area contributed by atoms with Crippen LogP contribution in [0.4, 0.5) is 8.78 Å². The molecule has 8 rings (SSSR count). The number of H-pyrrole nitrogens is 2. The first-order valence-electron chi connectivity index (χ1n) is 16.8. The van der Waals surface area contributed by atoms with Crippen molar-refractivity contribution in [1.29, 1.82) is 10.5 Å². The number of pyridine rings is 2. The van der Waals surface area contributed by atoms with Gasteiger partial charge in [-0.25, -0.2) is 35.6 Å². The molecule has 288 valence electrons. The lowest BCUT2D eigenvalue weighted by Crippen LogP contribution is -2.64. The van der Waals surface area contributed by atoms with Crippen molar-refractivity contribution in [3.8, 4) is 34.4 Å². The third kappa shape index (κ3) is 6.85. The molecular formula is C34H35ClF2N12O4S2. The Labute approximate surface area is 320 Å². The van der Waals surface area contributed by atoms with Crippen molar-refractivity contribution in [1.82, 2.24) is 48.1 Å². The Bertz CT molecular complexity index is 2500. The van der Waals surface area contributed by atoms with Crippen molar-refractivity contribution in [2.75, 3.05) is 37.7 Å². The van der Waals surface area contributed by atoms with Crippen LogP contribution in [-0.2, 0) is 31.1 Å². The predicted molar refractivity (Wildman–Crippen MR) is 200 cm³/mol. The molecule has 2 fully saturated rings. The first-order valence-corrected chi connectivity index (χ1v) is 20.1. The summed E-state index contributed by atoms with van der Waals surface area (Å²) in [5.74, 6) is -0.930. The quantitative estimate of drug-likeness (QED) is 0.202. The summed E-state index contributed by atoms with van der Waals surface area (Å²) in [6.07, 6.45) is 12.3. The van der Waals surface area contributed by atoms with Crippen LogP contribution in [0, 0.1) is 34.3 Å². The molecule has 0 radical (unpaired) electrons. The Hall–Kier alpha value is -5.25. The lowest BCUT2D eigenvalue weighted by molar-refractivity contribution is 0.0719. The number of nitriles is 2. The average Bonchev–Trinajstić information content (AvgIpc) is 3.95. The van der Waals surface area contributed by atoms with Crippen LogP contribution in [0.25, 0.3) is 44.3 Å². The second-order valence-electron chi connectivity index (χ2n) is 13.2. The van der Waals surface area contributed by atoms with E-state index >= 15 is 0 Å². The third-order valence-electron chi connectivity index (χ3n) is 10.0. The number of aromatic amines is 2. The zero-order valence-corrected chi connectivity index (χ0v) is 32.0. The molecule has 0 atom stereocenters. The van der Waals surface area contributed by atoms with E-state index in [1.54, 1.807) is 60.1 Å². The second-order valence-corrected chi connectivity index (χ2v) is 17.8. The molecule has 0 aliphatic carbocycles. The fourth-order valence-electron chi connectivity index (χ4n) is 6.93. The Morgan fingerprint density at radius 3 is 1.44 bits per heavy atom. The predicted octanol–water partition coefficient (Wildman–Crippen LogP) is 4.10. The molecule has 21 heteroatoms. The number of sulfonamides is 2. The Morgan fingerprint density at radius 1 is 0.709 bits per heavy atom. The molecule has 0 unspecified atom stereocenters. The molecular weight excluding hydrogens is 778 g/mol. The lowest BCUT2D eigenvalue weighted by Gasteiger charge is -2.47. The fourth-order valence-corrected chi connectivity index (χ4v) is 9.40. The van der Waals surface area contributed by atoms with Crippen molar-refractivity contribution in [3.63, 3.8) is 0 Å². The van der Waals surface area contributed by atoms with Crippen molar-refractivity contribution < 1.29 is 25.6 Å². The van der Waals surface area contributed by atoms with Crippen LogP contribution in [0.2, 0.25) is 0 Å². The summed E-state index contributed by atoms with van der Waals surface area (Å²) in [6.45, 7) is 3.87. The summed E-state index contributed by atoms with van der Waals surface area (Å²) in [5, 5.41) is 28.4. The van der Waals surface area contributed by atoms with Gasteiger partial charge in [-0.05, 0) is 26.0 Å². The van der Waals surface area contributed by atoms with Crippen LogP contribution in [-0.4, -0.2) is 103 Å². The summed E-state index contributed by atoms with van der Waals surface area (Å²) >= 11 is 0. The Balaban J connectivity index is 0.000000184. The molecule has 2 aliphatic heterocycles. The van der Waals surface area contributed by atoms with Gasteiger partial charge in [-0.1, -0.05) is 0 Å². The standard InChI is InChI=1S/2C17H17FN6O2S.ClH/c2*1-2-27(25,26)23-10-17(11-23,4-5-19)24-9-12(7-22-24)15-13-3-6-20-16(13)21-8-14(15)18;/h2*3,6-9H,2,4,10-11H2,1H3,(H,20,21);1H. The summed E-state index contributed by atoms with van der Waals surface area (Å²) in [4.78, 5) is 13.9. The highest BCUT2D eigenvalue weighted by Crippen LogP contribution is 2.38. The van der Waals surface area contributed by atoms with Gasteiger partial charge in [0, 0.05) is 84.0 Å². The molecule has 2 saturated heterocycles. The van der Waals surface area contributed by atoms with Crippen molar-refractivity contribution >= 4 is 54.5 Å². The maximum absolute atomic E-state index is 14.4. The van der Waals surface area contributed by atoms with E-state index in [9.17, 15) is 36.1 Å². The molecule has 16 nitrogen and oxygen atoms in total. The van der Waals surface area contributed by atoms with Crippen molar-refractivity contribution in [2.45, 2.75) is 37.8 Å². The van der Waals surface area contributed by atoms with E-state index in [0.29, 0.717) is 44.3 Å². The molecule has 2 N–H and O–H groups in total. The minimum absolute atomic E-state index is 0. The second kappa shape index (κ2) is 14.8. The molecule has 0 aromatic carbocycles. The van der Waals surface area contributed by atoms with Crippen LogP contribution < -0.4 is 0 Å². The highest BCUT2D eigenvalue weighted by molar-refractivity contribution is 7.89. The molecule has 6 aromatic heterocycles. The topological polar surface area (TPSA) is 215 Å². The molecule has 55 heavy (non-hydrogen) atoms. The van der Waals surface area contributed by atoms with Gasteiger partial charge in [0.15, 0.2) is 0 Å². The molecule has 2 aliphatic rings. The van der Waals surface area contributed by atoms with Gasteiger partial charge in [0.25, 0.3) is 0 Å². The maximum atomic E-state index is 14.4. The zero-order valence-electron chi connectivity index (χ0n) is 29.5. The monoisotopic (exact) mass is 812 g/mol. The molecule has 0 bridgehead atoms. The molecule has 8 heterocycles. The highest BCUT2D eigenvalue weighted by atomic mass is 35.5. The van der Waals surface area contributed by atoms with Gasteiger partial charge in [-0.2, -0.15) is 29.3 Å². The van der Waals surface area contributed by atoms with Crippen LogP contribution in [0.1, 0.15) is 26.7 Å². The normalized spacial score (nSPS) is 16.6. The summed E-state index contributed by atoms with van der Waals surface area (Å²) in [5.41, 5.74) is 1.49. The number of aromatic nitrogens is 8. The van der Waals surface area contributed by atoms with E-state index in [-0.39, 0.29) is 62.9 Å². The van der Waals surface area contributed by atoms with E-state index in [4.69, 9.17) is 0 Å². The maximum Gasteiger partial charge on any atom is 0.213 e. The molecule has 0 saturated carbocycles. The summed E-state index contributed by atoms with van der Waals surface area (Å²) in [7, 11) is -6.64. The van der Waals surface area contributed by atoms with E-state index < -0.39 is 42.8 Å². The number of fused-ring (bicyclic) bond motifs is 2. The van der Waals surface area contributed by atoms with Crippen LogP contribution >= 0.6 is 12.4 Å². The number of halogens is 3. The van der Waals surface area contributed by atoms with Crippen LogP contribution in [0.5, 0.6) is 0 Å². The van der Waals surface area contributed by atoms with Crippen LogP contribution in [0.3, 0.4) is 0 Å². The number of nitrogens with one attached hydrogen (secondary N) is 2. The number of hydrogen-bond acceptors (Lipinski definition) is 10. The number of rotatable bonds is 10. The van der Waals surface area contributed by atoms with Gasteiger partial charge in [-0.3, -0.25) is 9.36 Å². The first kappa shape index (κ1) is 39.4. The fraction of sp³-hybridized carbons (Fsp3) is 0.353. The number of nitrogens with zero attached hydrogens (tertiary/aromatic N) is 10. The molecule has 0 spiro atoms. The largest absolute Gasteiger partial charge is 0.346 e. The Kier molecular flexibility index (Phi) is 10.6. The van der Waals surface area contributed by atoms with Gasteiger partial charge in [0.1, 0.15) is 34.0 Å².